The number of phenols is 1. The van der Waals surface area contributed by atoms with E-state index in [-0.39, 0.29) is 49.0 Å². The van der Waals surface area contributed by atoms with Gasteiger partial charge in [0.15, 0.2) is 0 Å². The molecule has 5 heteroatoms. The van der Waals surface area contributed by atoms with Crippen molar-refractivity contribution in [3.8, 4) is 78.6 Å². The first kappa shape index (κ1) is 53.5. The molecule has 2 heterocycles. The summed E-state index contributed by atoms with van der Waals surface area (Å²) in [7, 11) is 0. The summed E-state index contributed by atoms with van der Waals surface area (Å²) in [6.45, 7) is 20.1. The summed E-state index contributed by atoms with van der Waals surface area (Å²) in [5.74, 6) is 1.17. The molecule has 0 amide bonds. The SMILES string of the molecule is CC(c1ccccc1)c1ccc(-c2ccnc(-c3[c-]c(-c4cccc5c4nc(-c4cc(C(C)(C)C)cc(C(C)(C)C)c4O)n5-c4ccc(C(C)(C)c5ccccc5)cc4-c4ccccc4)cc(-c4ccccc4)c3)c2)cc1.[Pt]. The number of pyridine rings is 1. The number of phenolic OH excluding ortho intramolecular Hbond substituents is 1. The number of hydrogen-bond donors (Lipinski definition) is 1. The van der Waals surface area contributed by atoms with Crippen LogP contribution in [-0.2, 0) is 37.3 Å². The van der Waals surface area contributed by atoms with Crippen LogP contribution < -0.4 is 0 Å². The Balaban J connectivity index is 0.00000688. The quantitative estimate of drug-likeness (QED) is 0.131. The van der Waals surface area contributed by atoms with Crippen LogP contribution in [0, 0.1) is 6.07 Å². The molecule has 0 aliphatic carbocycles. The Morgan fingerprint density at radius 3 is 1.71 bits per heavy atom. The molecule has 390 valence electrons. The summed E-state index contributed by atoms with van der Waals surface area (Å²) in [4.78, 5) is 10.8. The Morgan fingerprint density at radius 1 is 0.462 bits per heavy atom. The van der Waals surface area contributed by atoms with Gasteiger partial charge in [-0.25, -0.2) is 4.98 Å². The number of rotatable bonds is 11. The largest absolute Gasteiger partial charge is 0.507 e. The molecule has 0 saturated carbocycles. The Kier molecular flexibility index (Phi) is 14.7. The van der Waals surface area contributed by atoms with Gasteiger partial charge in [0.1, 0.15) is 11.6 Å². The molecule has 11 aromatic rings. The van der Waals surface area contributed by atoms with Gasteiger partial charge in [-0.1, -0.05) is 255 Å². The minimum Gasteiger partial charge on any atom is -0.507 e. The number of benzene rings is 9. The summed E-state index contributed by atoms with van der Waals surface area (Å²) in [6, 6.07) is 81.8. The van der Waals surface area contributed by atoms with Crippen LogP contribution in [0.5, 0.6) is 5.75 Å². The summed E-state index contributed by atoms with van der Waals surface area (Å²) in [6.07, 6.45) is 1.91. The van der Waals surface area contributed by atoms with E-state index in [1.165, 1.54) is 22.3 Å². The number of aromatic nitrogens is 3. The average molecular weight is 1200 g/mol. The Labute approximate surface area is 475 Å². The molecule has 0 spiro atoms. The summed E-state index contributed by atoms with van der Waals surface area (Å²) >= 11 is 0. The van der Waals surface area contributed by atoms with Gasteiger partial charge in [0.2, 0.25) is 0 Å². The van der Waals surface area contributed by atoms with Crippen LogP contribution in [0.25, 0.3) is 83.9 Å². The van der Waals surface area contributed by atoms with Crippen molar-refractivity contribution in [1.82, 2.24) is 14.5 Å². The predicted octanol–water partition coefficient (Wildman–Crippen LogP) is 19.0. The fourth-order valence-electron chi connectivity index (χ4n) is 10.8. The van der Waals surface area contributed by atoms with Crippen molar-refractivity contribution in [3.63, 3.8) is 0 Å². The van der Waals surface area contributed by atoms with Crippen LogP contribution in [0.4, 0.5) is 0 Å². The van der Waals surface area contributed by atoms with Gasteiger partial charge in [-0.15, -0.1) is 23.8 Å². The molecule has 4 nitrogen and oxygen atoms in total. The number of para-hydroxylation sites is 1. The van der Waals surface area contributed by atoms with Crippen LogP contribution in [0.1, 0.15) is 102 Å². The minimum atomic E-state index is -0.360. The molecule has 1 atom stereocenters. The van der Waals surface area contributed by atoms with E-state index in [0.29, 0.717) is 11.4 Å². The Bertz CT molecular complexity index is 3910. The number of aromatic hydroxyl groups is 1. The molecule has 11 rings (SSSR count). The number of imidazole rings is 1. The van der Waals surface area contributed by atoms with Crippen molar-refractivity contribution in [3.05, 3.63) is 264 Å². The molecule has 0 saturated heterocycles. The topological polar surface area (TPSA) is 50.9 Å². The number of nitrogens with zero attached hydrogens (tertiary/aromatic N) is 3. The van der Waals surface area contributed by atoms with Gasteiger partial charge in [0, 0.05) is 55.4 Å². The van der Waals surface area contributed by atoms with E-state index in [9.17, 15) is 5.11 Å². The second-order valence-electron chi connectivity index (χ2n) is 23.2. The Hall–Kier alpha value is -7.91. The van der Waals surface area contributed by atoms with E-state index in [4.69, 9.17) is 9.97 Å². The molecule has 0 fully saturated rings. The van der Waals surface area contributed by atoms with E-state index in [2.05, 4.69) is 291 Å². The van der Waals surface area contributed by atoms with Crippen LogP contribution in [-0.4, -0.2) is 19.6 Å². The number of fused-ring (bicyclic) bond motifs is 1. The molecular weight excluding hydrogens is 1130 g/mol. The minimum absolute atomic E-state index is 0. The first-order chi connectivity index (χ1) is 37.0. The first-order valence-electron chi connectivity index (χ1n) is 26.9. The molecule has 9 aromatic carbocycles. The molecule has 0 aliphatic heterocycles. The maximum Gasteiger partial charge on any atom is 0.148 e. The van der Waals surface area contributed by atoms with Crippen molar-refractivity contribution in [2.45, 2.75) is 84.5 Å². The maximum atomic E-state index is 12.8. The van der Waals surface area contributed by atoms with E-state index in [1.54, 1.807) is 0 Å². The zero-order valence-corrected chi connectivity index (χ0v) is 48.3. The maximum absolute atomic E-state index is 12.8. The standard InChI is InChI=1S/C73H66N3O.Pt/c1-48(49-23-14-10-15-24-49)50-33-35-52(36-34-50)54-39-40-74-65(44-54)57-42-55(51-25-16-11-17-26-51)41-56(43-57)61-31-22-32-67-68(61)75-70(63-46-60(71(2,3)4)47-64(69(63)77)72(5,6)7)76(67)66-38-37-59(45-62(66)53-27-18-12-19-28-53)73(8,9)58-29-20-13-21-30-58;/h10-42,44-48,77H,1-9H3;/q-1;. The Morgan fingerprint density at radius 2 is 1.05 bits per heavy atom. The summed E-state index contributed by atoms with van der Waals surface area (Å²) < 4.78 is 2.28. The van der Waals surface area contributed by atoms with Gasteiger partial charge in [-0.2, -0.15) is 0 Å². The molecule has 0 aliphatic rings. The fraction of sp³-hybridized carbons (Fsp3) is 0.178. The smallest absolute Gasteiger partial charge is 0.148 e. The van der Waals surface area contributed by atoms with Crippen LogP contribution in [0.3, 0.4) is 0 Å². The fourth-order valence-corrected chi connectivity index (χ4v) is 10.8. The second-order valence-corrected chi connectivity index (χ2v) is 23.2. The molecule has 1 N–H and O–H groups in total. The average Bonchev–Trinajstić information content (AvgIpc) is 3.91. The molecular formula is C73H66N3OPt-. The number of hydrogen-bond acceptors (Lipinski definition) is 3. The molecule has 78 heavy (non-hydrogen) atoms. The van der Waals surface area contributed by atoms with Crippen molar-refractivity contribution >= 4 is 11.0 Å². The molecule has 0 radical (unpaired) electrons. The molecule has 0 bridgehead atoms. The van der Waals surface area contributed by atoms with Crippen LogP contribution >= 0.6 is 0 Å². The summed E-state index contributed by atoms with van der Waals surface area (Å²) in [5, 5.41) is 12.8. The normalized spacial score (nSPS) is 12.3. The van der Waals surface area contributed by atoms with Gasteiger partial charge < -0.3 is 5.11 Å². The van der Waals surface area contributed by atoms with Gasteiger partial charge in [0.05, 0.1) is 22.3 Å². The van der Waals surface area contributed by atoms with Crippen LogP contribution in [0.2, 0.25) is 0 Å². The first-order valence-corrected chi connectivity index (χ1v) is 26.9. The van der Waals surface area contributed by atoms with E-state index in [1.807, 2.05) is 6.20 Å². The van der Waals surface area contributed by atoms with Gasteiger partial charge >= 0.3 is 0 Å². The van der Waals surface area contributed by atoms with E-state index in [0.717, 1.165) is 83.6 Å². The van der Waals surface area contributed by atoms with E-state index < -0.39 is 0 Å². The predicted molar refractivity (Wildman–Crippen MR) is 322 cm³/mol. The third-order valence-electron chi connectivity index (χ3n) is 15.6. The summed E-state index contributed by atoms with van der Waals surface area (Å²) in [5.41, 5.74) is 19.5. The van der Waals surface area contributed by atoms with Crippen molar-refractivity contribution in [1.29, 1.82) is 0 Å². The third kappa shape index (κ3) is 10.5. The van der Waals surface area contributed by atoms with Crippen molar-refractivity contribution in [2.24, 2.45) is 0 Å². The van der Waals surface area contributed by atoms with Crippen molar-refractivity contribution in [2.75, 3.05) is 0 Å². The van der Waals surface area contributed by atoms with Gasteiger partial charge in [-0.05, 0) is 91.2 Å². The van der Waals surface area contributed by atoms with Gasteiger partial charge in [-0.3, -0.25) is 9.55 Å². The monoisotopic (exact) mass is 1200 g/mol. The second kappa shape index (κ2) is 21.5. The molecule has 2 aromatic heterocycles. The van der Waals surface area contributed by atoms with Crippen LogP contribution in [0.15, 0.2) is 225 Å². The van der Waals surface area contributed by atoms with Crippen molar-refractivity contribution < 1.29 is 26.2 Å². The van der Waals surface area contributed by atoms with Gasteiger partial charge in [0.25, 0.3) is 0 Å². The van der Waals surface area contributed by atoms with E-state index >= 15 is 0 Å². The zero-order valence-electron chi connectivity index (χ0n) is 46.0. The third-order valence-corrected chi connectivity index (χ3v) is 15.6. The molecule has 1 unspecified atom stereocenters. The zero-order chi connectivity index (χ0) is 53.6.